The maximum absolute atomic E-state index is 12.4. The highest BCUT2D eigenvalue weighted by Crippen LogP contribution is 2.18. The minimum Gasteiger partial charge on any atom is -0.455 e. The molecule has 1 aliphatic heterocycles. The summed E-state index contributed by atoms with van der Waals surface area (Å²) in [5.74, 6) is -0.710. The minimum absolute atomic E-state index is 0.0117. The molecule has 160 valence electrons. The first-order chi connectivity index (χ1) is 15.1. The second-order valence-corrected chi connectivity index (χ2v) is 8.74. The number of hydrogen-bond donors (Lipinski definition) is 0. The number of hydrogen-bond acceptors (Lipinski definition) is 8. The van der Waals surface area contributed by atoms with Crippen molar-refractivity contribution < 1.29 is 19.1 Å². The molecular weight excluding hydrogens is 436 g/mol. The number of carbonyl (C=O) groups excluding carboxylic acids is 3. The fourth-order valence-corrected chi connectivity index (χ4v) is 4.46. The Morgan fingerprint density at radius 3 is 2.48 bits per heavy atom. The molecule has 0 radical (unpaired) electrons. The van der Waals surface area contributed by atoms with Crippen molar-refractivity contribution in [2.24, 2.45) is 0 Å². The van der Waals surface area contributed by atoms with Crippen molar-refractivity contribution in [2.45, 2.75) is 5.03 Å². The lowest BCUT2D eigenvalue weighted by Gasteiger charge is -2.34. The highest BCUT2D eigenvalue weighted by molar-refractivity contribution is 7.99. The third kappa shape index (κ3) is 5.39. The number of ether oxygens (including phenoxy) is 1. The molecule has 0 N–H and O–H groups in total. The second-order valence-electron chi connectivity index (χ2n) is 6.80. The van der Waals surface area contributed by atoms with Gasteiger partial charge in [0.25, 0.3) is 11.8 Å². The number of esters is 1. The van der Waals surface area contributed by atoms with Gasteiger partial charge >= 0.3 is 5.97 Å². The Balaban J connectivity index is 1.19. The number of carbonyl (C=O) groups is 3. The van der Waals surface area contributed by atoms with Gasteiger partial charge in [-0.25, -0.2) is 4.98 Å². The van der Waals surface area contributed by atoms with Crippen molar-refractivity contribution in [1.82, 2.24) is 19.8 Å². The van der Waals surface area contributed by atoms with Gasteiger partial charge < -0.3 is 14.5 Å². The van der Waals surface area contributed by atoms with Crippen molar-refractivity contribution in [1.29, 1.82) is 0 Å². The van der Waals surface area contributed by atoms with Crippen molar-refractivity contribution >= 4 is 51.9 Å². The zero-order valence-electron chi connectivity index (χ0n) is 16.6. The van der Waals surface area contributed by atoms with Crippen LogP contribution in [0, 0.1) is 0 Å². The van der Waals surface area contributed by atoms with E-state index in [1.165, 1.54) is 23.1 Å². The molecule has 0 aliphatic carbocycles. The van der Waals surface area contributed by atoms with Crippen LogP contribution in [0.3, 0.4) is 0 Å². The molecule has 2 aromatic heterocycles. The number of benzene rings is 1. The van der Waals surface area contributed by atoms with Crippen molar-refractivity contribution in [3.8, 4) is 0 Å². The zero-order valence-corrected chi connectivity index (χ0v) is 18.2. The number of amides is 2. The molecule has 8 nitrogen and oxygen atoms in total. The molecule has 1 saturated heterocycles. The molecule has 0 bridgehead atoms. The molecular formula is C21H20N4O4S2. The summed E-state index contributed by atoms with van der Waals surface area (Å²) in [6.07, 6.45) is 1.61. The van der Waals surface area contributed by atoms with Crippen LogP contribution >= 0.6 is 23.1 Å². The van der Waals surface area contributed by atoms with Crippen LogP contribution in [0.1, 0.15) is 9.67 Å². The van der Waals surface area contributed by atoms with Crippen LogP contribution in [-0.4, -0.2) is 76.1 Å². The summed E-state index contributed by atoms with van der Waals surface area (Å²) in [5.41, 5.74) is 1.55. The Morgan fingerprint density at radius 2 is 1.74 bits per heavy atom. The lowest BCUT2D eigenvalue weighted by atomic mass is 10.3. The summed E-state index contributed by atoms with van der Waals surface area (Å²) < 4.78 is 5.12. The molecule has 1 aromatic carbocycles. The molecule has 0 spiro atoms. The molecule has 0 saturated carbocycles. The highest BCUT2D eigenvalue weighted by atomic mass is 32.2. The van der Waals surface area contributed by atoms with Gasteiger partial charge in [0.1, 0.15) is 5.03 Å². The number of aromatic nitrogens is 2. The van der Waals surface area contributed by atoms with Crippen LogP contribution in [0.25, 0.3) is 11.0 Å². The normalized spacial score (nSPS) is 13.9. The van der Waals surface area contributed by atoms with Gasteiger partial charge in [-0.3, -0.25) is 19.4 Å². The standard InChI is InChI=1S/C21H20N4O4S2/c26-19(24-7-9-25(10-8-24)21(28)17-6-3-11-30-17)13-29-20(27)14-31-18-12-22-15-4-1-2-5-16(15)23-18/h1-6,11-12H,7-10,13-14H2. The van der Waals surface area contributed by atoms with Gasteiger partial charge in [0, 0.05) is 26.2 Å². The minimum atomic E-state index is -0.486. The lowest BCUT2D eigenvalue weighted by Crippen LogP contribution is -2.51. The van der Waals surface area contributed by atoms with Crippen LogP contribution in [0.2, 0.25) is 0 Å². The number of thioether (sulfide) groups is 1. The average Bonchev–Trinajstić information content (AvgIpc) is 3.35. The first-order valence-electron chi connectivity index (χ1n) is 9.71. The van der Waals surface area contributed by atoms with Crippen LogP contribution in [-0.2, 0) is 14.3 Å². The number of para-hydroxylation sites is 2. The average molecular weight is 457 g/mol. The van der Waals surface area contributed by atoms with Crippen LogP contribution in [0.4, 0.5) is 0 Å². The lowest BCUT2D eigenvalue weighted by molar-refractivity contribution is -0.150. The van der Waals surface area contributed by atoms with E-state index in [1.54, 1.807) is 22.1 Å². The predicted molar refractivity (Wildman–Crippen MR) is 118 cm³/mol. The van der Waals surface area contributed by atoms with E-state index in [2.05, 4.69) is 9.97 Å². The molecule has 2 amide bonds. The van der Waals surface area contributed by atoms with E-state index in [0.717, 1.165) is 11.0 Å². The molecule has 31 heavy (non-hydrogen) atoms. The summed E-state index contributed by atoms with van der Waals surface area (Å²) in [4.78, 5) is 49.5. The van der Waals surface area contributed by atoms with E-state index < -0.39 is 5.97 Å². The maximum Gasteiger partial charge on any atom is 0.316 e. The van der Waals surface area contributed by atoms with E-state index >= 15 is 0 Å². The number of piperazine rings is 1. The fourth-order valence-electron chi connectivity index (χ4n) is 3.13. The largest absolute Gasteiger partial charge is 0.455 e. The third-order valence-electron chi connectivity index (χ3n) is 4.77. The van der Waals surface area contributed by atoms with Gasteiger partial charge in [-0.2, -0.15) is 0 Å². The van der Waals surface area contributed by atoms with Gasteiger partial charge in [0.2, 0.25) is 0 Å². The predicted octanol–water partition coefficient (Wildman–Crippen LogP) is 2.31. The second kappa shape index (κ2) is 9.88. The number of nitrogens with zero attached hydrogens (tertiary/aromatic N) is 4. The van der Waals surface area contributed by atoms with Gasteiger partial charge in [-0.1, -0.05) is 30.0 Å². The fraction of sp³-hybridized carbons (Fsp3) is 0.286. The Bertz CT molecular complexity index is 1080. The smallest absolute Gasteiger partial charge is 0.316 e. The molecule has 4 rings (SSSR count). The van der Waals surface area contributed by atoms with Crippen molar-refractivity contribution in [3.05, 3.63) is 52.9 Å². The molecule has 3 heterocycles. The zero-order chi connectivity index (χ0) is 21.6. The summed E-state index contributed by atoms with van der Waals surface area (Å²) >= 11 is 2.62. The van der Waals surface area contributed by atoms with Gasteiger partial charge in [-0.05, 0) is 23.6 Å². The van der Waals surface area contributed by atoms with Crippen LogP contribution in [0.15, 0.2) is 53.0 Å². The Labute approximate surface area is 187 Å². The van der Waals surface area contributed by atoms with Gasteiger partial charge in [-0.15, -0.1) is 11.3 Å². The topological polar surface area (TPSA) is 92.7 Å². The summed E-state index contributed by atoms with van der Waals surface area (Å²) in [6, 6.07) is 11.1. The molecule has 10 heteroatoms. The number of thiophene rings is 1. The third-order valence-corrected chi connectivity index (χ3v) is 6.50. The van der Waals surface area contributed by atoms with Gasteiger partial charge in [0.05, 0.1) is 27.9 Å². The van der Waals surface area contributed by atoms with Crippen LogP contribution < -0.4 is 0 Å². The van der Waals surface area contributed by atoms with E-state index in [4.69, 9.17) is 4.74 Å². The molecule has 1 fully saturated rings. The Kier molecular flexibility index (Phi) is 6.78. The molecule has 1 aliphatic rings. The quantitative estimate of drug-likeness (QED) is 0.415. The van der Waals surface area contributed by atoms with E-state index in [9.17, 15) is 14.4 Å². The number of rotatable bonds is 6. The summed E-state index contributed by atoms with van der Waals surface area (Å²) in [5, 5.41) is 2.49. The summed E-state index contributed by atoms with van der Waals surface area (Å²) in [6.45, 7) is 1.48. The highest BCUT2D eigenvalue weighted by Gasteiger charge is 2.25. The van der Waals surface area contributed by atoms with E-state index in [0.29, 0.717) is 36.1 Å². The Hall–Kier alpha value is -2.98. The monoisotopic (exact) mass is 456 g/mol. The van der Waals surface area contributed by atoms with Crippen molar-refractivity contribution in [2.75, 3.05) is 38.5 Å². The van der Waals surface area contributed by atoms with Gasteiger partial charge in [0.15, 0.2) is 6.61 Å². The Morgan fingerprint density at radius 1 is 1.00 bits per heavy atom. The van der Waals surface area contributed by atoms with Crippen molar-refractivity contribution in [3.63, 3.8) is 0 Å². The first-order valence-corrected chi connectivity index (χ1v) is 11.6. The van der Waals surface area contributed by atoms with E-state index in [1.807, 2.05) is 35.7 Å². The summed E-state index contributed by atoms with van der Waals surface area (Å²) in [7, 11) is 0. The maximum atomic E-state index is 12.4. The van der Waals surface area contributed by atoms with E-state index in [-0.39, 0.29) is 24.2 Å². The SMILES string of the molecule is O=C(CSc1cnc2ccccc2n1)OCC(=O)N1CCN(C(=O)c2cccs2)CC1. The first kappa shape index (κ1) is 21.3. The van der Waals surface area contributed by atoms with Crippen LogP contribution in [0.5, 0.6) is 0 Å². The number of fused-ring (bicyclic) bond motifs is 1. The molecule has 0 atom stereocenters. The molecule has 0 unspecified atom stereocenters. The molecule has 3 aromatic rings.